The third-order valence-electron chi connectivity index (χ3n) is 7.22. The molecule has 0 unspecified atom stereocenters. The molecule has 3 nitrogen and oxygen atoms in total. The Hall–Kier alpha value is -1.26. The molecule has 0 N–H and O–H groups in total. The van der Waals surface area contributed by atoms with Crippen LogP contribution >= 0.6 is 0 Å². The van der Waals surface area contributed by atoms with Crippen LogP contribution in [0.1, 0.15) is 17.0 Å². The van der Waals surface area contributed by atoms with Crippen molar-refractivity contribution in [2.75, 3.05) is 7.11 Å². The minimum Gasteiger partial charge on any atom is -0.469 e. The summed E-state index contributed by atoms with van der Waals surface area (Å²) in [7, 11) is -6.75. The first-order valence-corrected chi connectivity index (χ1v) is 26.4. The molecule has 0 radical (unpaired) electrons. The van der Waals surface area contributed by atoms with Crippen LogP contribution < -0.4 is 0 Å². The third-order valence-corrected chi connectivity index (χ3v) is 47.7. The maximum Gasteiger partial charge on any atom is 0.310 e. The van der Waals surface area contributed by atoms with E-state index in [4.69, 9.17) is 8.85 Å². The summed E-state index contributed by atoms with van der Waals surface area (Å²) in [4.78, 5) is 13.6. The molecule has 0 bridgehead atoms. The molecule has 0 spiro atoms. The normalized spacial score (nSPS) is 23.8. The maximum atomic E-state index is 13.6. The number of carbonyl (C=O) groups excluding carboxylic acids is 1. The van der Waals surface area contributed by atoms with Crippen LogP contribution in [0.4, 0.5) is 0 Å². The molecule has 1 aliphatic carbocycles. The highest BCUT2D eigenvalue weighted by Crippen LogP contribution is 2.73. The van der Waals surface area contributed by atoms with Crippen LogP contribution in [0.2, 0.25) is 58.9 Å². The smallest absolute Gasteiger partial charge is 0.310 e. The van der Waals surface area contributed by atoms with Crippen LogP contribution in [0.3, 0.4) is 0 Å². The molecular formula is C26H42O3Si4. The van der Waals surface area contributed by atoms with Gasteiger partial charge in [-0.15, -0.1) is 0 Å². The van der Waals surface area contributed by atoms with Crippen molar-refractivity contribution in [2.24, 2.45) is 5.92 Å². The lowest BCUT2D eigenvalue weighted by atomic mass is 10.0. The number of rotatable bonds is 8. The summed E-state index contributed by atoms with van der Waals surface area (Å²) in [6.07, 6.45) is 0. The van der Waals surface area contributed by atoms with Gasteiger partial charge in [-0.2, -0.15) is 0 Å². The fourth-order valence-corrected chi connectivity index (χ4v) is 68.6. The average Bonchev–Trinajstić information content (AvgIpc) is 3.41. The van der Waals surface area contributed by atoms with Gasteiger partial charge in [-0.3, -0.25) is 4.79 Å². The van der Waals surface area contributed by atoms with Crippen molar-refractivity contribution in [2.45, 2.75) is 69.9 Å². The van der Waals surface area contributed by atoms with Crippen molar-refractivity contribution in [1.29, 1.82) is 0 Å². The molecule has 2 aromatic carbocycles. The van der Waals surface area contributed by atoms with E-state index in [1.807, 2.05) is 0 Å². The number of carbonyl (C=O) groups is 1. The molecule has 0 aliphatic heterocycles. The lowest BCUT2D eigenvalue weighted by Gasteiger charge is -2.58. The summed E-state index contributed by atoms with van der Waals surface area (Å²) in [5, 5.41) is -0.308. The molecule has 3 rings (SSSR count). The summed E-state index contributed by atoms with van der Waals surface area (Å²) < 4.78 is 13.2. The van der Waals surface area contributed by atoms with Gasteiger partial charge in [-0.1, -0.05) is 99.9 Å². The Labute approximate surface area is 204 Å². The molecule has 0 amide bonds. The zero-order valence-electron chi connectivity index (χ0n) is 22.2. The predicted molar refractivity (Wildman–Crippen MR) is 150 cm³/mol. The molecule has 1 aliphatic rings. The Bertz CT molecular complexity index is 961. The van der Waals surface area contributed by atoms with E-state index < -0.39 is 30.9 Å². The molecule has 0 heterocycles. The van der Waals surface area contributed by atoms with Crippen molar-refractivity contribution < 1.29 is 13.6 Å². The van der Waals surface area contributed by atoms with Crippen LogP contribution in [0.5, 0.6) is 0 Å². The van der Waals surface area contributed by atoms with Crippen molar-refractivity contribution in [3.05, 3.63) is 71.8 Å². The van der Waals surface area contributed by atoms with E-state index in [2.05, 4.69) is 120 Å². The molecular weight excluding hydrogens is 473 g/mol. The van der Waals surface area contributed by atoms with Crippen LogP contribution in [-0.4, -0.2) is 43.9 Å². The SMILES string of the molecule is COC(=O)[C@H]1[C@H](c2ccccc2)[C@@]1(c1ccccc1)[Si](O[Si](C)(C)C)([Si](C)(C)C)[Si](C)(C)C. The molecule has 33 heavy (non-hydrogen) atoms. The summed E-state index contributed by atoms with van der Waals surface area (Å²) >= 11 is 0. The molecule has 180 valence electrons. The van der Waals surface area contributed by atoms with E-state index in [-0.39, 0.29) is 22.8 Å². The number of benzene rings is 2. The second-order valence-electron chi connectivity index (χ2n) is 12.5. The maximum absolute atomic E-state index is 13.6. The van der Waals surface area contributed by atoms with Gasteiger partial charge in [-0.05, 0) is 30.8 Å². The molecule has 1 saturated carbocycles. The highest BCUT2D eigenvalue weighted by atomic mass is 29.7. The van der Waals surface area contributed by atoms with Crippen molar-refractivity contribution >= 4 is 36.8 Å². The molecule has 3 atom stereocenters. The summed E-state index contributed by atoms with van der Waals surface area (Å²) in [5.74, 6) is -0.191. The second kappa shape index (κ2) is 8.75. The fourth-order valence-electron chi connectivity index (χ4n) is 6.88. The zero-order valence-corrected chi connectivity index (χ0v) is 26.2. The van der Waals surface area contributed by atoms with E-state index in [1.165, 1.54) is 11.1 Å². The van der Waals surface area contributed by atoms with E-state index in [9.17, 15) is 4.79 Å². The average molecular weight is 515 g/mol. The second-order valence-corrected chi connectivity index (χ2v) is 43.5. The van der Waals surface area contributed by atoms with Crippen molar-refractivity contribution in [3.63, 3.8) is 0 Å². The minimum atomic E-state index is -2.54. The Morgan fingerprint density at radius 1 is 0.758 bits per heavy atom. The van der Waals surface area contributed by atoms with E-state index in [1.54, 1.807) is 7.11 Å². The van der Waals surface area contributed by atoms with E-state index >= 15 is 0 Å². The van der Waals surface area contributed by atoms with Gasteiger partial charge in [0.25, 0.3) is 0 Å². The van der Waals surface area contributed by atoms with Crippen LogP contribution in [-0.2, 0) is 18.7 Å². The number of methoxy groups -OCH3 is 1. The lowest BCUT2D eigenvalue weighted by molar-refractivity contribution is -0.142. The van der Waals surface area contributed by atoms with Gasteiger partial charge in [0, 0.05) is 11.0 Å². The molecule has 0 saturated heterocycles. The molecule has 2 aromatic rings. The summed E-state index contributed by atoms with van der Waals surface area (Å²) in [6.45, 7) is 22.1. The van der Waals surface area contributed by atoms with Gasteiger partial charge in [0.15, 0.2) is 15.7 Å². The Balaban J connectivity index is 2.51. The highest BCUT2D eigenvalue weighted by Gasteiger charge is 2.85. The van der Waals surface area contributed by atoms with Gasteiger partial charge in [0.05, 0.1) is 28.2 Å². The molecule has 7 heteroatoms. The van der Waals surface area contributed by atoms with Gasteiger partial charge in [0.1, 0.15) is 0 Å². The largest absolute Gasteiger partial charge is 0.469 e. The number of hydrogen-bond acceptors (Lipinski definition) is 3. The van der Waals surface area contributed by atoms with Gasteiger partial charge >= 0.3 is 5.97 Å². The van der Waals surface area contributed by atoms with Gasteiger partial charge in [0.2, 0.25) is 0 Å². The van der Waals surface area contributed by atoms with Crippen LogP contribution in [0, 0.1) is 5.92 Å². The Morgan fingerprint density at radius 2 is 1.21 bits per heavy atom. The minimum absolute atomic E-state index is 0.0831. The standard InChI is InChI=1S/C26H42O3Si4/c1-28-25(27)24-23(21-17-13-11-14-18-21)26(24,22-19-15-12-16-20-22)33(31(5,6)7,32(8,9)10)29-30(2,3)4/h11-20,23-24H,1-10H3/t23-,24+,26+/m0/s1. The summed E-state index contributed by atoms with van der Waals surface area (Å²) in [6, 6.07) is 21.5. The van der Waals surface area contributed by atoms with Crippen molar-refractivity contribution in [1.82, 2.24) is 0 Å². The van der Waals surface area contributed by atoms with Crippen LogP contribution in [0.15, 0.2) is 60.7 Å². The van der Waals surface area contributed by atoms with Gasteiger partial charge in [-0.25, -0.2) is 0 Å². The summed E-state index contributed by atoms with van der Waals surface area (Å²) in [5.41, 5.74) is 2.52. The zero-order chi connectivity index (χ0) is 24.9. The molecule has 0 aromatic heterocycles. The van der Waals surface area contributed by atoms with Crippen molar-refractivity contribution in [3.8, 4) is 0 Å². The first-order chi connectivity index (χ1) is 15.1. The highest BCUT2D eigenvalue weighted by molar-refractivity contribution is 7.68. The topological polar surface area (TPSA) is 35.5 Å². The Kier molecular flexibility index (Phi) is 6.98. The van der Waals surface area contributed by atoms with Crippen LogP contribution in [0.25, 0.3) is 0 Å². The predicted octanol–water partition coefficient (Wildman–Crippen LogP) is 6.68. The van der Waals surface area contributed by atoms with Gasteiger partial charge < -0.3 is 8.85 Å². The van der Waals surface area contributed by atoms with E-state index in [0.717, 1.165) is 0 Å². The number of ether oxygens (including phenoxy) is 1. The monoisotopic (exact) mass is 514 g/mol. The fraction of sp³-hybridized carbons (Fsp3) is 0.500. The first-order valence-electron chi connectivity index (χ1n) is 12.0. The Morgan fingerprint density at radius 3 is 1.61 bits per heavy atom. The quantitative estimate of drug-likeness (QED) is 0.291. The first kappa shape index (κ1) is 26.3. The lowest BCUT2D eigenvalue weighted by Crippen LogP contribution is -2.82. The molecule has 1 fully saturated rings. The number of hydrogen-bond donors (Lipinski definition) is 0. The van der Waals surface area contributed by atoms with E-state index in [0.29, 0.717) is 0 Å². The third kappa shape index (κ3) is 4.20. The number of esters is 1.